The average molecular weight is 257 g/mol. The van der Waals surface area contributed by atoms with Crippen LogP contribution in [-0.2, 0) is 11.2 Å². The number of carbonyl (C=O) groups is 1. The maximum absolute atomic E-state index is 12.1. The van der Waals surface area contributed by atoms with E-state index in [4.69, 9.17) is 5.73 Å². The summed E-state index contributed by atoms with van der Waals surface area (Å²) in [7, 11) is 1.69. The number of amides is 1. The van der Waals surface area contributed by atoms with Gasteiger partial charge in [-0.25, -0.2) is 0 Å². The number of benzene rings is 1. The Bertz CT molecular complexity index is 564. The van der Waals surface area contributed by atoms with Crippen LogP contribution in [-0.4, -0.2) is 23.0 Å². The molecule has 1 aromatic carbocycles. The summed E-state index contributed by atoms with van der Waals surface area (Å²) < 4.78 is 0. The Morgan fingerprint density at radius 1 is 1.26 bits per heavy atom. The number of aromatic nitrogens is 1. The summed E-state index contributed by atoms with van der Waals surface area (Å²) in [5, 5.41) is 9.21. The van der Waals surface area contributed by atoms with Gasteiger partial charge in [-0.1, -0.05) is 0 Å². The number of anilines is 2. The molecule has 0 fully saturated rings. The first-order valence-corrected chi connectivity index (χ1v) is 5.82. The second-order valence-corrected chi connectivity index (χ2v) is 4.23. The van der Waals surface area contributed by atoms with Crippen LogP contribution in [0.15, 0.2) is 42.6 Å². The number of likely N-dealkylation sites (N-methyl/N-ethyl adjacent to an activating group) is 1. The van der Waals surface area contributed by atoms with Crippen molar-refractivity contribution in [1.82, 2.24) is 4.98 Å². The number of phenols is 1. The fourth-order valence-corrected chi connectivity index (χ4v) is 1.63. The first kappa shape index (κ1) is 12.9. The highest BCUT2D eigenvalue weighted by Gasteiger charge is 2.12. The molecule has 0 saturated heterocycles. The largest absolute Gasteiger partial charge is 0.508 e. The van der Waals surface area contributed by atoms with E-state index in [1.807, 2.05) is 0 Å². The number of nitrogens with two attached hydrogens (primary N) is 1. The van der Waals surface area contributed by atoms with Crippen LogP contribution in [0.4, 0.5) is 11.4 Å². The van der Waals surface area contributed by atoms with Gasteiger partial charge in [-0.15, -0.1) is 0 Å². The monoisotopic (exact) mass is 257 g/mol. The second-order valence-electron chi connectivity index (χ2n) is 4.23. The molecular formula is C14H15N3O2. The molecule has 0 radical (unpaired) electrons. The van der Waals surface area contributed by atoms with Crippen molar-refractivity contribution in [2.45, 2.75) is 6.42 Å². The summed E-state index contributed by atoms with van der Waals surface area (Å²) in [6.07, 6.45) is 1.74. The van der Waals surface area contributed by atoms with Gasteiger partial charge in [-0.05, 0) is 36.4 Å². The maximum atomic E-state index is 12.1. The summed E-state index contributed by atoms with van der Waals surface area (Å²) in [4.78, 5) is 17.7. The zero-order valence-corrected chi connectivity index (χ0v) is 10.6. The molecule has 0 atom stereocenters. The number of hydrogen-bond donors (Lipinski definition) is 2. The zero-order valence-electron chi connectivity index (χ0n) is 10.6. The van der Waals surface area contributed by atoms with Gasteiger partial charge in [0.2, 0.25) is 5.91 Å². The van der Waals surface area contributed by atoms with Crippen molar-refractivity contribution in [2.75, 3.05) is 17.7 Å². The van der Waals surface area contributed by atoms with Crippen LogP contribution in [0, 0.1) is 0 Å². The van der Waals surface area contributed by atoms with Crippen LogP contribution < -0.4 is 10.6 Å². The predicted octanol–water partition coefficient (Wildman–Crippen LogP) is 1.57. The Morgan fingerprint density at radius 2 is 1.95 bits per heavy atom. The van der Waals surface area contributed by atoms with E-state index in [1.54, 1.807) is 43.4 Å². The molecule has 5 nitrogen and oxygen atoms in total. The molecule has 0 aliphatic rings. The minimum absolute atomic E-state index is 0.0806. The Morgan fingerprint density at radius 3 is 2.53 bits per heavy atom. The minimum Gasteiger partial charge on any atom is -0.508 e. The van der Waals surface area contributed by atoms with Crippen molar-refractivity contribution in [3.8, 4) is 5.75 Å². The van der Waals surface area contributed by atoms with Gasteiger partial charge < -0.3 is 15.7 Å². The van der Waals surface area contributed by atoms with E-state index < -0.39 is 0 Å². The molecule has 3 N–H and O–H groups in total. The lowest BCUT2D eigenvalue weighted by Crippen LogP contribution is -2.28. The fourth-order valence-electron chi connectivity index (χ4n) is 1.63. The van der Waals surface area contributed by atoms with E-state index >= 15 is 0 Å². The SMILES string of the molecule is CN(C(=O)Cc1ccc(N)cn1)c1ccc(O)cc1. The number of rotatable bonds is 3. The standard InChI is InChI=1S/C14H15N3O2/c1-17(12-4-6-13(18)7-5-12)14(19)8-11-3-2-10(15)9-16-11/h2-7,9,18H,8,15H2,1H3. The Hall–Kier alpha value is -2.56. The number of phenolic OH excluding ortho intramolecular Hbond substituents is 1. The zero-order chi connectivity index (χ0) is 13.8. The summed E-state index contributed by atoms with van der Waals surface area (Å²) >= 11 is 0. The minimum atomic E-state index is -0.0806. The van der Waals surface area contributed by atoms with Gasteiger partial charge in [0, 0.05) is 18.4 Å². The van der Waals surface area contributed by atoms with E-state index in [-0.39, 0.29) is 18.1 Å². The van der Waals surface area contributed by atoms with Crippen molar-refractivity contribution in [3.63, 3.8) is 0 Å². The smallest absolute Gasteiger partial charge is 0.232 e. The quantitative estimate of drug-likeness (QED) is 0.874. The first-order valence-electron chi connectivity index (χ1n) is 5.82. The van der Waals surface area contributed by atoms with Gasteiger partial charge in [-0.3, -0.25) is 9.78 Å². The average Bonchev–Trinajstić information content (AvgIpc) is 2.41. The number of pyridine rings is 1. The van der Waals surface area contributed by atoms with Crippen molar-refractivity contribution < 1.29 is 9.90 Å². The summed E-state index contributed by atoms with van der Waals surface area (Å²) in [6, 6.07) is 9.91. The predicted molar refractivity (Wildman–Crippen MR) is 73.9 cm³/mol. The molecule has 98 valence electrons. The molecule has 19 heavy (non-hydrogen) atoms. The van der Waals surface area contributed by atoms with Crippen molar-refractivity contribution in [2.24, 2.45) is 0 Å². The van der Waals surface area contributed by atoms with Gasteiger partial charge in [0.1, 0.15) is 5.75 Å². The molecule has 1 amide bonds. The van der Waals surface area contributed by atoms with Crippen LogP contribution in [0.3, 0.4) is 0 Å². The van der Waals surface area contributed by atoms with Crippen molar-refractivity contribution >= 4 is 17.3 Å². The molecule has 0 unspecified atom stereocenters. The molecule has 2 aromatic rings. The van der Waals surface area contributed by atoms with Gasteiger partial charge in [0.15, 0.2) is 0 Å². The third kappa shape index (κ3) is 3.22. The lowest BCUT2D eigenvalue weighted by Gasteiger charge is -2.17. The summed E-state index contributed by atoms with van der Waals surface area (Å²) in [5.41, 5.74) is 7.51. The summed E-state index contributed by atoms with van der Waals surface area (Å²) in [5.74, 6) is 0.0905. The van der Waals surface area contributed by atoms with Gasteiger partial charge in [-0.2, -0.15) is 0 Å². The molecular weight excluding hydrogens is 242 g/mol. The highest BCUT2D eigenvalue weighted by molar-refractivity contribution is 5.94. The van der Waals surface area contributed by atoms with Crippen LogP contribution in [0.1, 0.15) is 5.69 Å². The lowest BCUT2D eigenvalue weighted by molar-refractivity contribution is -0.117. The number of nitrogens with zero attached hydrogens (tertiary/aromatic N) is 2. The molecule has 1 heterocycles. The third-order valence-corrected chi connectivity index (χ3v) is 2.79. The molecule has 1 aromatic heterocycles. The van der Waals surface area contributed by atoms with Crippen LogP contribution >= 0.6 is 0 Å². The third-order valence-electron chi connectivity index (χ3n) is 2.79. The van der Waals surface area contributed by atoms with E-state index in [9.17, 15) is 9.90 Å². The normalized spacial score (nSPS) is 10.2. The number of aromatic hydroxyl groups is 1. The molecule has 0 saturated carbocycles. The number of nitrogen functional groups attached to an aromatic ring is 1. The highest BCUT2D eigenvalue weighted by Crippen LogP contribution is 2.18. The highest BCUT2D eigenvalue weighted by atomic mass is 16.3. The molecule has 5 heteroatoms. The van der Waals surface area contributed by atoms with E-state index in [2.05, 4.69) is 4.98 Å². The van der Waals surface area contributed by atoms with Gasteiger partial charge in [0.25, 0.3) is 0 Å². The lowest BCUT2D eigenvalue weighted by atomic mass is 10.2. The van der Waals surface area contributed by atoms with Crippen LogP contribution in [0.2, 0.25) is 0 Å². The first-order chi connectivity index (χ1) is 9.06. The summed E-state index contributed by atoms with van der Waals surface area (Å²) in [6.45, 7) is 0. The van der Waals surface area contributed by atoms with Gasteiger partial charge >= 0.3 is 0 Å². The van der Waals surface area contributed by atoms with Gasteiger partial charge in [0.05, 0.1) is 18.3 Å². The molecule has 0 bridgehead atoms. The Labute approximate surface area is 111 Å². The van der Waals surface area contributed by atoms with E-state index in [0.29, 0.717) is 11.4 Å². The van der Waals surface area contributed by atoms with Crippen LogP contribution in [0.5, 0.6) is 5.75 Å². The maximum Gasteiger partial charge on any atom is 0.232 e. The fraction of sp³-hybridized carbons (Fsp3) is 0.143. The number of carbonyl (C=O) groups excluding carboxylic acids is 1. The van der Waals surface area contributed by atoms with Crippen molar-refractivity contribution in [3.05, 3.63) is 48.3 Å². The molecule has 0 aliphatic heterocycles. The number of hydrogen-bond acceptors (Lipinski definition) is 4. The van der Waals surface area contributed by atoms with E-state index in [1.165, 1.54) is 11.1 Å². The topological polar surface area (TPSA) is 79.5 Å². The molecule has 2 rings (SSSR count). The Balaban J connectivity index is 2.07. The Kier molecular flexibility index (Phi) is 3.66. The molecule has 0 aliphatic carbocycles. The van der Waals surface area contributed by atoms with Crippen LogP contribution in [0.25, 0.3) is 0 Å². The second kappa shape index (κ2) is 5.39. The molecule has 0 spiro atoms. The van der Waals surface area contributed by atoms with Crippen molar-refractivity contribution in [1.29, 1.82) is 0 Å². The van der Waals surface area contributed by atoms with E-state index in [0.717, 1.165) is 5.69 Å².